The Morgan fingerprint density at radius 1 is 0.920 bits per heavy atom. The molecule has 3 rings (SSSR count). The lowest BCUT2D eigenvalue weighted by Gasteiger charge is -2.18. The zero-order valence-corrected chi connectivity index (χ0v) is 14.4. The van der Waals surface area contributed by atoms with Crippen LogP contribution in [0, 0.1) is 0 Å². The molecule has 3 heteroatoms. The van der Waals surface area contributed by atoms with E-state index in [9.17, 15) is 4.79 Å². The lowest BCUT2D eigenvalue weighted by molar-refractivity contribution is -0.128. The monoisotopic (exact) mass is 336 g/mol. The second kappa shape index (κ2) is 9.07. The average molecular weight is 336 g/mol. The van der Waals surface area contributed by atoms with Crippen molar-refractivity contribution in [2.24, 2.45) is 0 Å². The summed E-state index contributed by atoms with van der Waals surface area (Å²) in [6, 6.07) is 17.0. The Kier molecular flexibility index (Phi) is 6.27. The van der Waals surface area contributed by atoms with Crippen LogP contribution in [0.15, 0.2) is 48.5 Å². The molecular formula is C22H24O3. The topological polar surface area (TPSA) is 35.5 Å². The fraction of sp³-hybridized carbons (Fsp3) is 0.318. The summed E-state index contributed by atoms with van der Waals surface area (Å²) in [5, 5.41) is 0. The number of benzene rings is 2. The zero-order chi connectivity index (χ0) is 17.3. The minimum absolute atomic E-state index is 0.498. The molecule has 0 spiro atoms. The van der Waals surface area contributed by atoms with Gasteiger partial charge in [0.15, 0.2) is 0 Å². The fourth-order valence-corrected chi connectivity index (χ4v) is 3.14. The summed E-state index contributed by atoms with van der Waals surface area (Å²) in [6.45, 7) is 1.70. The Balaban J connectivity index is 1.53. The van der Waals surface area contributed by atoms with Gasteiger partial charge in [-0.2, -0.15) is 0 Å². The van der Waals surface area contributed by atoms with Crippen LogP contribution in [0.1, 0.15) is 42.4 Å². The van der Waals surface area contributed by atoms with Crippen LogP contribution in [-0.2, 0) is 16.0 Å². The molecule has 0 aromatic heterocycles. The van der Waals surface area contributed by atoms with Crippen molar-refractivity contribution < 1.29 is 14.3 Å². The highest BCUT2D eigenvalue weighted by Gasteiger charge is 2.12. The predicted molar refractivity (Wildman–Crippen MR) is 100 cm³/mol. The third kappa shape index (κ3) is 4.96. The van der Waals surface area contributed by atoms with Crippen molar-refractivity contribution in [1.82, 2.24) is 0 Å². The summed E-state index contributed by atoms with van der Waals surface area (Å²) in [5.74, 6) is 0.944. The molecule has 0 atom stereocenters. The highest BCUT2D eigenvalue weighted by atomic mass is 16.5. The molecule has 1 aliphatic rings. The first-order valence-corrected chi connectivity index (χ1v) is 8.94. The quantitative estimate of drug-likeness (QED) is 0.483. The maximum Gasteiger partial charge on any atom is 0.293 e. The maximum atomic E-state index is 10.0. The van der Waals surface area contributed by atoms with Crippen LogP contribution in [0.25, 0.3) is 11.6 Å². The van der Waals surface area contributed by atoms with Crippen molar-refractivity contribution in [1.29, 1.82) is 0 Å². The van der Waals surface area contributed by atoms with Gasteiger partial charge in [0.1, 0.15) is 5.75 Å². The molecule has 0 saturated carbocycles. The van der Waals surface area contributed by atoms with Gasteiger partial charge >= 0.3 is 0 Å². The van der Waals surface area contributed by atoms with E-state index in [0.717, 1.165) is 37.9 Å². The highest BCUT2D eigenvalue weighted by Crippen LogP contribution is 2.32. The molecule has 0 fully saturated rings. The third-order valence-corrected chi connectivity index (χ3v) is 4.50. The average Bonchev–Trinajstić information content (AvgIpc) is 2.67. The molecule has 25 heavy (non-hydrogen) atoms. The highest BCUT2D eigenvalue weighted by molar-refractivity contribution is 5.84. The van der Waals surface area contributed by atoms with Gasteiger partial charge in [-0.1, -0.05) is 42.5 Å². The second-order valence-electron chi connectivity index (χ2n) is 6.27. The number of rotatable bonds is 9. The molecule has 0 bridgehead atoms. The molecule has 0 aliphatic heterocycles. The van der Waals surface area contributed by atoms with E-state index in [-0.39, 0.29) is 0 Å². The molecule has 0 radical (unpaired) electrons. The van der Waals surface area contributed by atoms with Gasteiger partial charge in [0.05, 0.1) is 13.2 Å². The van der Waals surface area contributed by atoms with Crippen molar-refractivity contribution in [3.63, 3.8) is 0 Å². The van der Waals surface area contributed by atoms with E-state index in [1.54, 1.807) is 0 Å². The van der Waals surface area contributed by atoms with Gasteiger partial charge < -0.3 is 9.47 Å². The molecule has 1 aliphatic carbocycles. The van der Waals surface area contributed by atoms with Gasteiger partial charge in [0.25, 0.3) is 6.47 Å². The fourth-order valence-electron chi connectivity index (χ4n) is 3.14. The number of allylic oxidation sites excluding steroid dienone is 1. The Morgan fingerprint density at radius 2 is 1.76 bits per heavy atom. The Labute approximate surface area is 149 Å². The van der Waals surface area contributed by atoms with Crippen LogP contribution in [0.4, 0.5) is 0 Å². The molecular weight excluding hydrogens is 312 g/mol. The number of fused-ring (bicyclic) bond motifs is 1. The molecule has 130 valence electrons. The number of carbonyl (C=O) groups excluding carboxylic acids is 1. The summed E-state index contributed by atoms with van der Waals surface area (Å²) in [7, 11) is 0. The van der Waals surface area contributed by atoms with E-state index in [1.807, 2.05) is 0 Å². The lowest BCUT2D eigenvalue weighted by atomic mass is 9.88. The SMILES string of the molecule is O=COCCCCCOc1ccc2c(c1)CCC(c1ccccc1)=C2. The summed E-state index contributed by atoms with van der Waals surface area (Å²) < 4.78 is 10.5. The first kappa shape index (κ1) is 17.3. The Bertz CT molecular complexity index is 719. The van der Waals surface area contributed by atoms with Gasteiger partial charge in [0.2, 0.25) is 0 Å². The van der Waals surface area contributed by atoms with E-state index in [0.29, 0.717) is 19.7 Å². The summed E-state index contributed by atoms with van der Waals surface area (Å²) in [4.78, 5) is 10.0. The first-order valence-electron chi connectivity index (χ1n) is 8.94. The van der Waals surface area contributed by atoms with E-state index < -0.39 is 0 Å². The number of ether oxygens (including phenoxy) is 2. The Morgan fingerprint density at radius 3 is 2.60 bits per heavy atom. The molecule has 2 aromatic rings. The second-order valence-corrected chi connectivity index (χ2v) is 6.27. The molecule has 2 aromatic carbocycles. The number of carbonyl (C=O) groups is 1. The van der Waals surface area contributed by atoms with E-state index in [4.69, 9.17) is 4.74 Å². The molecule has 0 heterocycles. The van der Waals surface area contributed by atoms with Gasteiger partial charge in [-0.25, -0.2) is 0 Å². The van der Waals surface area contributed by atoms with Crippen LogP contribution < -0.4 is 4.74 Å². The van der Waals surface area contributed by atoms with E-state index in [1.165, 1.54) is 22.3 Å². The van der Waals surface area contributed by atoms with Gasteiger partial charge in [0, 0.05) is 0 Å². The van der Waals surface area contributed by atoms with Crippen LogP contribution in [-0.4, -0.2) is 19.7 Å². The number of aryl methyl sites for hydroxylation is 1. The number of unbranched alkanes of at least 4 members (excludes halogenated alkanes) is 2. The summed E-state index contributed by atoms with van der Waals surface area (Å²) in [5.41, 5.74) is 5.37. The van der Waals surface area contributed by atoms with Gasteiger partial charge in [-0.15, -0.1) is 0 Å². The van der Waals surface area contributed by atoms with Crippen LogP contribution in [0.3, 0.4) is 0 Å². The van der Waals surface area contributed by atoms with Crippen molar-refractivity contribution in [3.05, 3.63) is 65.2 Å². The molecule has 0 unspecified atom stereocenters. The van der Waals surface area contributed by atoms with Crippen LogP contribution >= 0.6 is 0 Å². The van der Waals surface area contributed by atoms with Crippen molar-refractivity contribution in [2.75, 3.05) is 13.2 Å². The van der Waals surface area contributed by atoms with Crippen LogP contribution in [0.2, 0.25) is 0 Å². The smallest absolute Gasteiger partial charge is 0.293 e. The number of hydrogen-bond donors (Lipinski definition) is 0. The standard InChI is InChI=1S/C22H24O3/c23-17-24-13-5-2-6-14-25-22-12-11-20-15-19(9-10-21(20)16-22)18-7-3-1-4-8-18/h1,3-4,7-8,11-12,15-17H,2,5-6,9-10,13-14H2. The lowest BCUT2D eigenvalue weighted by Crippen LogP contribution is -2.02. The molecule has 0 saturated heterocycles. The van der Waals surface area contributed by atoms with Crippen molar-refractivity contribution >= 4 is 18.1 Å². The van der Waals surface area contributed by atoms with Gasteiger partial charge in [-0.05, 0) is 66.5 Å². The molecule has 0 amide bonds. The number of hydrogen-bond acceptors (Lipinski definition) is 3. The van der Waals surface area contributed by atoms with E-state index in [2.05, 4.69) is 59.3 Å². The van der Waals surface area contributed by atoms with Crippen molar-refractivity contribution in [3.8, 4) is 5.75 Å². The minimum atomic E-state index is 0.498. The largest absolute Gasteiger partial charge is 0.494 e. The predicted octanol–water partition coefficient (Wildman–Crippen LogP) is 4.90. The maximum absolute atomic E-state index is 10.0. The van der Waals surface area contributed by atoms with Crippen molar-refractivity contribution in [2.45, 2.75) is 32.1 Å². The summed E-state index contributed by atoms with van der Waals surface area (Å²) >= 11 is 0. The minimum Gasteiger partial charge on any atom is -0.494 e. The van der Waals surface area contributed by atoms with E-state index >= 15 is 0 Å². The molecule has 0 N–H and O–H groups in total. The first-order chi connectivity index (χ1) is 12.4. The molecule has 3 nitrogen and oxygen atoms in total. The summed E-state index contributed by atoms with van der Waals surface area (Å²) in [6.07, 6.45) is 7.27. The normalized spacial score (nSPS) is 12.9. The Hall–Kier alpha value is -2.55. The van der Waals surface area contributed by atoms with Crippen LogP contribution in [0.5, 0.6) is 5.75 Å². The third-order valence-electron chi connectivity index (χ3n) is 4.50. The van der Waals surface area contributed by atoms with Gasteiger partial charge in [-0.3, -0.25) is 4.79 Å². The zero-order valence-electron chi connectivity index (χ0n) is 14.4.